The van der Waals surface area contributed by atoms with Crippen molar-refractivity contribution >= 4 is 5.97 Å². The molecule has 0 aromatic rings. The van der Waals surface area contributed by atoms with E-state index in [0.29, 0.717) is 26.1 Å². The molecular weight excluding hydrogens is 228 g/mol. The third kappa shape index (κ3) is 3.57. The van der Waals surface area contributed by atoms with Gasteiger partial charge in [-0.05, 0) is 20.3 Å². The van der Waals surface area contributed by atoms with Crippen LogP contribution >= 0.6 is 0 Å². The van der Waals surface area contributed by atoms with E-state index in [4.69, 9.17) is 9.47 Å². The van der Waals surface area contributed by atoms with Gasteiger partial charge < -0.3 is 9.47 Å². The minimum Gasteiger partial charge on any atom is -0.466 e. The molecule has 1 aliphatic rings. The van der Waals surface area contributed by atoms with Crippen LogP contribution < -0.4 is 0 Å². The Balaban J connectivity index is 2.83. The second-order valence-electron chi connectivity index (χ2n) is 4.24. The lowest BCUT2D eigenvalue weighted by Crippen LogP contribution is -2.40. The molecule has 0 fully saturated rings. The van der Waals surface area contributed by atoms with Crippen LogP contribution in [-0.4, -0.2) is 24.8 Å². The van der Waals surface area contributed by atoms with E-state index in [1.807, 2.05) is 44.2 Å². The zero-order valence-electron chi connectivity index (χ0n) is 11.2. The quantitative estimate of drug-likeness (QED) is 0.514. The van der Waals surface area contributed by atoms with Gasteiger partial charge in [0.05, 0.1) is 18.6 Å². The van der Waals surface area contributed by atoms with Gasteiger partial charge in [-0.3, -0.25) is 4.79 Å². The molecule has 0 radical (unpaired) electrons. The number of hydrogen-bond donors (Lipinski definition) is 0. The summed E-state index contributed by atoms with van der Waals surface area (Å²) < 4.78 is 10.9. The Kier molecular flexibility index (Phi) is 5.86. The Morgan fingerprint density at radius 1 is 1.39 bits per heavy atom. The first-order valence-electron chi connectivity index (χ1n) is 6.45. The summed E-state index contributed by atoms with van der Waals surface area (Å²) in [5.74, 6) is -0.185. The molecule has 0 aromatic heterocycles. The maximum atomic E-state index is 11.6. The number of carbonyl (C=O) groups excluding carboxylic acids is 1. The molecule has 3 nitrogen and oxygen atoms in total. The van der Waals surface area contributed by atoms with E-state index in [2.05, 4.69) is 6.58 Å². The number of ether oxygens (including phenoxy) is 2. The number of carbonyl (C=O) groups is 1. The van der Waals surface area contributed by atoms with Crippen LogP contribution in [0.1, 0.15) is 26.7 Å². The molecule has 18 heavy (non-hydrogen) atoms. The lowest BCUT2D eigenvalue weighted by Gasteiger charge is -2.37. The maximum Gasteiger partial charge on any atom is 0.306 e. The van der Waals surface area contributed by atoms with Crippen LogP contribution in [-0.2, 0) is 14.3 Å². The van der Waals surface area contributed by atoms with Crippen LogP contribution in [0, 0.1) is 5.92 Å². The molecular formula is C15H22O3. The van der Waals surface area contributed by atoms with Crippen molar-refractivity contribution in [1.82, 2.24) is 0 Å². The van der Waals surface area contributed by atoms with Gasteiger partial charge in [-0.2, -0.15) is 0 Å². The van der Waals surface area contributed by atoms with Crippen LogP contribution in [0.25, 0.3) is 0 Å². The molecule has 0 N–H and O–H groups in total. The molecule has 0 aliphatic heterocycles. The van der Waals surface area contributed by atoms with Crippen molar-refractivity contribution in [1.29, 1.82) is 0 Å². The maximum absolute atomic E-state index is 11.6. The van der Waals surface area contributed by atoms with Crippen molar-refractivity contribution in [3.8, 4) is 0 Å². The highest BCUT2D eigenvalue weighted by Crippen LogP contribution is 2.34. The summed E-state index contributed by atoms with van der Waals surface area (Å²) in [6.45, 7) is 8.56. The fraction of sp³-hybridized carbons (Fsp3) is 0.533. The van der Waals surface area contributed by atoms with Gasteiger partial charge in [0.1, 0.15) is 0 Å². The number of allylic oxidation sites excluding steroid dienone is 2. The van der Waals surface area contributed by atoms with Gasteiger partial charge in [-0.15, -0.1) is 6.58 Å². The lowest BCUT2D eigenvalue weighted by molar-refractivity contribution is -0.146. The van der Waals surface area contributed by atoms with Gasteiger partial charge in [0.25, 0.3) is 0 Å². The second kappa shape index (κ2) is 7.17. The smallest absolute Gasteiger partial charge is 0.306 e. The van der Waals surface area contributed by atoms with Gasteiger partial charge in [-0.25, -0.2) is 0 Å². The molecule has 2 unspecified atom stereocenters. The molecule has 100 valence electrons. The van der Waals surface area contributed by atoms with E-state index in [1.165, 1.54) is 0 Å². The normalized spacial score (nSPS) is 26.0. The monoisotopic (exact) mass is 250 g/mol. The van der Waals surface area contributed by atoms with Gasteiger partial charge in [0, 0.05) is 12.5 Å². The molecule has 0 spiro atoms. The zero-order chi connectivity index (χ0) is 13.4. The van der Waals surface area contributed by atoms with Crippen LogP contribution in [0.2, 0.25) is 0 Å². The van der Waals surface area contributed by atoms with Crippen molar-refractivity contribution in [3.63, 3.8) is 0 Å². The Morgan fingerprint density at radius 3 is 2.78 bits per heavy atom. The SMILES string of the molecule is C=CCC1(OCC)C=CC=CC1CC(=O)OCC. The summed E-state index contributed by atoms with van der Waals surface area (Å²) in [4.78, 5) is 11.6. The molecule has 0 saturated heterocycles. The minimum absolute atomic E-state index is 0.000463. The summed E-state index contributed by atoms with van der Waals surface area (Å²) in [7, 11) is 0. The van der Waals surface area contributed by atoms with Crippen molar-refractivity contribution in [2.75, 3.05) is 13.2 Å². The molecule has 0 saturated carbocycles. The van der Waals surface area contributed by atoms with E-state index in [0.717, 1.165) is 0 Å². The number of esters is 1. The summed E-state index contributed by atoms with van der Waals surface area (Å²) in [6.07, 6.45) is 10.8. The zero-order valence-corrected chi connectivity index (χ0v) is 11.2. The summed E-state index contributed by atoms with van der Waals surface area (Å²) in [6, 6.07) is 0. The molecule has 1 rings (SSSR count). The van der Waals surface area contributed by atoms with Crippen molar-refractivity contribution in [3.05, 3.63) is 37.0 Å². The van der Waals surface area contributed by atoms with Crippen molar-refractivity contribution in [2.45, 2.75) is 32.3 Å². The summed E-state index contributed by atoms with van der Waals surface area (Å²) >= 11 is 0. The predicted octanol–water partition coefficient (Wildman–Crippen LogP) is 3.03. The largest absolute Gasteiger partial charge is 0.466 e. The summed E-state index contributed by atoms with van der Waals surface area (Å²) in [5, 5.41) is 0. The number of rotatable bonds is 7. The van der Waals surface area contributed by atoms with Crippen molar-refractivity contribution < 1.29 is 14.3 Å². The van der Waals surface area contributed by atoms with E-state index < -0.39 is 5.60 Å². The van der Waals surface area contributed by atoms with Gasteiger partial charge >= 0.3 is 5.97 Å². The lowest BCUT2D eigenvalue weighted by atomic mass is 9.79. The Morgan fingerprint density at radius 2 is 2.17 bits per heavy atom. The highest BCUT2D eigenvalue weighted by atomic mass is 16.5. The average molecular weight is 250 g/mol. The molecule has 0 bridgehead atoms. The third-order valence-corrected chi connectivity index (χ3v) is 3.03. The van der Waals surface area contributed by atoms with Crippen molar-refractivity contribution in [2.24, 2.45) is 5.92 Å². The van der Waals surface area contributed by atoms with Crippen LogP contribution in [0.5, 0.6) is 0 Å². The molecule has 0 aromatic carbocycles. The van der Waals surface area contributed by atoms with Gasteiger partial charge in [0.15, 0.2) is 0 Å². The number of hydrogen-bond acceptors (Lipinski definition) is 3. The molecule has 0 amide bonds. The first-order valence-corrected chi connectivity index (χ1v) is 6.45. The second-order valence-corrected chi connectivity index (χ2v) is 4.24. The van der Waals surface area contributed by atoms with Gasteiger partial charge in [-0.1, -0.05) is 30.4 Å². The third-order valence-electron chi connectivity index (χ3n) is 3.03. The van der Waals surface area contributed by atoms with Crippen LogP contribution in [0.15, 0.2) is 37.0 Å². The van der Waals surface area contributed by atoms with E-state index in [1.54, 1.807) is 0 Å². The summed E-state index contributed by atoms with van der Waals surface area (Å²) in [5.41, 5.74) is -0.460. The van der Waals surface area contributed by atoms with E-state index >= 15 is 0 Å². The Hall–Kier alpha value is -1.35. The highest BCUT2D eigenvalue weighted by molar-refractivity contribution is 5.70. The Labute approximate surface area is 109 Å². The average Bonchev–Trinajstić information content (AvgIpc) is 2.33. The predicted molar refractivity (Wildman–Crippen MR) is 72.2 cm³/mol. The molecule has 2 atom stereocenters. The van der Waals surface area contributed by atoms with E-state index in [9.17, 15) is 4.79 Å². The topological polar surface area (TPSA) is 35.5 Å². The minimum atomic E-state index is -0.460. The molecule has 1 aliphatic carbocycles. The highest BCUT2D eigenvalue weighted by Gasteiger charge is 2.37. The van der Waals surface area contributed by atoms with E-state index in [-0.39, 0.29) is 11.9 Å². The molecule has 3 heteroatoms. The first-order chi connectivity index (χ1) is 8.68. The van der Waals surface area contributed by atoms with Gasteiger partial charge in [0.2, 0.25) is 0 Å². The van der Waals surface area contributed by atoms with Crippen LogP contribution in [0.4, 0.5) is 0 Å². The fourth-order valence-electron chi connectivity index (χ4n) is 2.27. The first kappa shape index (κ1) is 14.7. The molecule has 0 heterocycles. The fourth-order valence-corrected chi connectivity index (χ4v) is 2.27. The van der Waals surface area contributed by atoms with Crippen LogP contribution in [0.3, 0.4) is 0 Å². The standard InChI is InChI=1S/C15H22O3/c1-4-10-15(18-6-3)11-8-7-9-13(15)12-14(16)17-5-2/h4,7-9,11,13H,1,5-6,10,12H2,2-3H3. The Bertz CT molecular complexity index is 344.